The molecular formula is C17H19ClN4O2. The number of nitrogens with one attached hydrogen (secondary N) is 1. The largest absolute Gasteiger partial charge is 0.440 e. The van der Waals surface area contributed by atoms with Crippen LogP contribution in [0.3, 0.4) is 0 Å². The van der Waals surface area contributed by atoms with E-state index in [4.69, 9.17) is 16.0 Å². The molecular weight excluding hydrogens is 328 g/mol. The second-order valence-corrected chi connectivity index (χ2v) is 5.98. The summed E-state index contributed by atoms with van der Waals surface area (Å²) >= 11 is 5.87. The number of hydrazone groups is 1. The number of rotatable bonds is 4. The fraction of sp³-hybridized carbons (Fsp3) is 0.353. The Morgan fingerprint density at radius 3 is 2.79 bits per heavy atom. The molecule has 0 saturated carbocycles. The first kappa shape index (κ1) is 16.5. The van der Waals surface area contributed by atoms with Crippen LogP contribution in [0.15, 0.2) is 40.0 Å². The number of furan rings is 1. The lowest BCUT2D eigenvalue weighted by Crippen LogP contribution is -2.23. The van der Waals surface area contributed by atoms with Gasteiger partial charge in [-0.15, -0.1) is 0 Å². The van der Waals surface area contributed by atoms with Gasteiger partial charge in [-0.2, -0.15) is 5.10 Å². The second-order valence-electron chi connectivity index (χ2n) is 5.62. The van der Waals surface area contributed by atoms with E-state index >= 15 is 0 Å². The Balaban J connectivity index is 1.59. The molecule has 0 radical (unpaired) electrons. The number of carbonyl (C=O) groups is 1. The number of halogens is 1. The minimum absolute atomic E-state index is 0.145. The van der Waals surface area contributed by atoms with Crippen LogP contribution in [-0.2, 0) is 0 Å². The highest BCUT2D eigenvalue weighted by Gasteiger charge is 2.13. The van der Waals surface area contributed by atoms with E-state index in [1.807, 2.05) is 12.1 Å². The van der Waals surface area contributed by atoms with Gasteiger partial charge in [0.25, 0.3) is 5.91 Å². The monoisotopic (exact) mass is 346 g/mol. The first-order valence-electron chi connectivity index (χ1n) is 8.03. The summed E-state index contributed by atoms with van der Waals surface area (Å²) in [5.41, 5.74) is 2.70. The van der Waals surface area contributed by atoms with Gasteiger partial charge in [0.1, 0.15) is 10.9 Å². The molecule has 2 aromatic heterocycles. The predicted molar refractivity (Wildman–Crippen MR) is 93.7 cm³/mol. The van der Waals surface area contributed by atoms with Gasteiger partial charge in [-0.05, 0) is 31.0 Å². The summed E-state index contributed by atoms with van der Waals surface area (Å²) in [5, 5.41) is 4.06. The fourth-order valence-corrected chi connectivity index (χ4v) is 2.85. The van der Waals surface area contributed by atoms with E-state index in [1.54, 1.807) is 12.1 Å². The third-order valence-electron chi connectivity index (χ3n) is 3.89. The summed E-state index contributed by atoms with van der Waals surface area (Å²) in [6, 6.07) is 7.01. The zero-order valence-electron chi connectivity index (χ0n) is 13.2. The molecule has 0 unspecified atom stereocenters. The van der Waals surface area contributed by atoms with E-state index in [2.05, 4.69) is 20.4 Å². The topological polar surface area (TPSA) is 70.7 Å². The van der Waals surface area contributed by atoms with Crippen molar-refractivity contribution in [3.63, 3.8) is 0 Å². The molecule has 0 bridgehead atoms. The molecule has 0 aliphatic carbocycles. The highest BCUT2D eigenvalue weighted by molar-refractivity contribution is 6.32. The van der Waals surface area contributed by atoms with Gasteiger partial charge in [0, 0.05) is 25.4 Å². The summed E-state index contributed by atoms with van der Waals surface area (Å²) in [4.78, 5) is 18.1. The van der Waals surface area contributed by atoms with Crippen molar-refractivity contribution in [3.8, 4) is 0 Å². The van der Waals surface area contributed by atoms with E-state index in [0.29, 0.717) is 5.76 Å². The van der Waals surface area contributed by atoms with Crippen LogP contribution < -0.4 is 10.3 Å². The van der Waals surface area contributed by atoms with Gasteiger partial charge < -0.3 is 9.32 Å². The lowest BCUT2D eigenvalue weighted by molar-refractivity contribution is 0.0955. The average molecular weight is 347 g/mol. The van der Waals surface area contributed by atoms with Gasteiger partial charge in [0.05, 0.1) is 11.8 Å². The van der Waals surface area contributed by atoms with E-state index in [0.717, 1.165) is 19.0 Å². The van der Waals surface area contributed by atoms with Gasteiger partial charge in [-0.3, -0.25) is 4.79 Å². The van der Waals surface area contributed by atoms with Gasteiger partial charge in [-0.25, -0.2) is 10.4 Å². The quantitative estimate of drug-likeness (QED) is 0.522. The number of anilines is 1. The molecule has 0 atom stereocenters. The summed E-state index contributed by atoms with van der Waals surface area (Å²) in [5.74, 6) is 1.02. The number of aromatic nitrogens is 1. The molecule has 1 aliphatic heterocycles. The van der Waals surface area contributed by atoms with Crippen LogP contribution in [0.25, 0.3) is 0 Å². The Morgan fingerprint density at radius 1 is 1.25 bits per heavy atom. The summed E-state index contributed by atoms with van der Waals surface area (Å²) in [6.07, 6.45) is 7.92. The molecule has 1 aliphatic rings. The molecule has 0 aromatic carbocycles. The van der Waals surface area contributed by atoms with E-state index in [1.165, 1.54) is 38.1 Å². The maximum atomic E-state index is 12.0. The van der Waals surface area contributed by atoms with Crippen molar-refractivity contribution in [2.75, 3.05) is 18.0 Å². The molecule has 1 amide bonds. The smallest absolute Gasteiger partial charge is 0.274 e. The van der Waals surface area contributed by atoms with Crippen LogP contribution in [0, 0.1) is 0 Å². The van der Waals surface area contributed by atoms with Gasteiger partial charge in [-0.1, -0.05) is 24.4 Å². The number of amides is 1. The van der Waals surface area contributed by atoms with Crippen LogP contribution in [0.5, 0.6) is 0 Å². The van der Waals surface area contributed by atoms with Crippen LogP contribution in [0.2, 0.25) is 5.15 Å². The molecule has 1 saturated heterocycles. The standard InChI is InChI=1S/C17H19ClN4O2/c18-16-14(6-5-9-19-16)17(23)21-20-12-13-7-8-15(24-13)22-10-3-1-2-4-11-22/h5-9,12H,1-4,10-11H2,(H,21,23)/b20-12-. The van der Waals surface area contributed by atoms with Gasteiger partial charge in [0.2, 0.25) is 0 Å². The van der Waals surface area contributed by atoms with Crippen LogP contribution >= 0.6 is 11.6 Å². The molecule has 2 aromatic rings. The van der Waals surface area contributed by atoms with E-state index < -0.39 is 5.91 Å². The van der Waals surface area contributed by atoms with Crippen molar-refractivity contribution in [2.45, 2.75) is 25.7 Å². The molecule has 1 N–H and O–H groups in total. The number of carbonyl (C=O) groups excluding carboxylic acids is 1. The Morgan fingerprint density at radius 2 is 2.04 bits per heavy atom. The molecule has 6 nitrogen and oxygen atoms in total. The Labute approximate surface area is 145 Å². The molecule has 24 heavy (non-hydrogen) atoms. The number of pyridine rings is 1. The van der Waals surface area contributed by atoms with E-state index in [-0.39, 0.29) is 10.7 Å². The molecule has 0 spiro atoms. The van der Waals surface area contributed by atoms with Crippen LogP contribution in [0.4, 0.5) is 5.88 Å². The van der Waals surface area contributed by atoms with Crippen LogP contribution in [-0.4, -0.2) is 30.2 Å². The number of nitrogens with zero attached hydrogens (tertiary/aromatic N) is 3. The second kappa shape index (κ2) is 7.97. The third kappa shape index (κ3) is 4.14. The SMILES string of the molecule is O=C(N/N=C\c1ccc(N2CCCCCC2)o1)c1cccnc1Cl. The summed E-state index contributed by atoms with van der Waals surface area (Å²) in [7, 11) is 0. The number of hydrogen-bond acceptors (Lipinski definition) is 5. The third-order valence-corrected chi connectivity index (χ3v) is 4.19. The molecule has 126 valence electrons. The van der Waals surface area contributed by atoms with Crippen LogP contribution in [0.1, 0.15) is 41.8 Å². The van der Waals surface area contributed by atoms with Gasteiger partial charge >= 0.3 is 0 Å². The van der Waals surface area contributed by atoms with Crippen molar-refractivity contribution >= 4 is 29.6 Å². The molecule has 1 fully saturated rings. The predicted octanol–water partition coefficient (Wildman–Crippen LogP) is 3.47. The Bertz CT molecular complexity index is 721. The lowest BCUT2D eigenvalue weighted by Gasteiger charge is -2.18. The van der Waals surface area contributed by atoms with Crippen molar-refractivity contribution in [3.05, 3.63) is 46.9 Å². The molecule has 3 heterocycles. The minimum Gasteiger partial charge on any atom is -0.440 e. The zero-order chi connectivity index (χ0) is 16.8. The van der Waals surface area contributed by atoms with Crippen molar-refractivity contribution < 1.29 is 9.21 Å². The zero-order valence-corrected chi connectivity index (χ0v) is 14.0. The first-order valence-corrected chi connectivity index (χ1v) is 8.40. The normalized spacial score (nSPS) is 15.5. The average Bonchev–Trinajstić information content (AvgIpc) is 2.89. The maximum Gasteiger partial charge on any atom is 0.274 e. The van der Waals surface area contributed by atoms with Crippen molar-refractivity contribution in [1.82, 2.24) is 10.4 Å². The Hall–Kier alpha value is -2.34. The first-order chi connectivity index (χ1) is 11.7. The summed E-state index contributed by atoms with van der Waals surface area (Å²) in [6.45, 7) is 2.03. The van der Waals surface area contributed by atoms with Crippen molar-refractivity contribution in [2.24, 2.45) is 5.10 Å². The molecule has 3 rings (SSSR count). The molecule has 7 heteroatoms. The number of hydrogen-bond donors (Lipinski definition) is 1. The van der Waals surface area contributed by atoms with Crippen molar-refractivity contribution in [1.29, 1.82) is 0 Å². The minimum atomic E-state index is -0.413. The fourth-order valence-electron chi connectivity index (χ4n) is 2.64. The lowest BCUT2D eigenvalue weighted by atomic mass is 10.2. The Kier molecular flexibility index (Phi) is 5.48. The summed E-state index contributed by atoms with van der Waals surface area (Å²) < 4.78 is 5.78. The highest BCUT2D eigenvalue weighted by atomic mass is 35.5. The van der Waals surface area contributed by atoms with E-state index in [9.17, 15) is 4.79 Å². The highest BCUT2D eigenvalue weighted by Crippen LogP contribution is 2.21. The van der Waals surface area contributed by atoms with Gasteiger partial charge in [0.15, 0.2) is 5.88 Å². The maximum absolute atomic E-state index is 12.0.